The molecular formula is C24H37NO5. The van der Waals surface area contributed by atoms with Crippen LogP contribution < -0.4 is 4.74 Å². The number of nitrogens with zero attached hydrogens (tertiary/aromatic N) is 1. The van der Waals surface area contributed by atoms with E-state index in [1.54, 1.807) is 0 Å². The molecule has 30 heavy (non-hydrogen) atoms. The van der Waals surface area contributed by atoms with Crippen molar-refractivity contribution >= 4 is 0 Å². The molecule has 0 amide bonds. The van der Waals surface area contributed by atoms with Crippen molar-refractivity contribution in [1.29, 1.82) is 0 Å². The smallest absolute Gasteiger partial charge is 0.294 e. The van der Waals surface area contributed by atoms with Gasteiger partial charge in [-0.1, -0.05) is 46.0 Å². The highest BCUT2D eigenvalue weighted by Gasteiger charge is 2.46. The fourth-order valence-corrected chi connectivity index (χ4v) is 5.43. The zero-order valence-electron chi connectivity index (χ0n) is 18.9. The number of benzene rings is 1. The predicted molar refractivity (Wildman–Crippen MR) is 117 cm³/mol. The van der Waals surface area contributed by atoms with Gasteiger partial charge in [-0.05, 0) is 68.6 Å². The Balaban J connectivity index is 1.67. The van der Waals surface area contributed by atoms with Crippen LogP contribution in [0.1, 0.15) is 103 Å². The van der Waals surface area contributed by atoms with Crippen molar-refractivity contribution in [1.82, 2.24) is 0 Å². The summed E-state index contributed by atoms with van der Waals surface area (Å²) in [6, 6.07) is 4.11. The van der Waals surface area contributed by atoms with Crippen LogP contribution >= 0.6 is 0 Å². The van der Waals surface area contributed by atoms with Gasteiger partial charge in [-0.15, -0.1) is 10.1 Å². The molecule has 2 atom stereocenters. The molecule has 0 bridgehead atoms. The van der Waals surface area contributed by atoms with E-state index in [2.05, 4.69) is 38.6 Å². The van der Waals surface area contributed by atoms with E-state index in [0.717, 1.165) is 55.4 Å². The molecule has 2 aliphatic rings. The van der Waals surface area contributed by atoms with Crippen molar-refractivity contribution in [3.63, 3.8) is 0 Å². The van der Waals surface area contributed by atoms with Gasteiger partial charge in [0.2, 0.25) is 0 Å². The molecule has 0 spiro atoms. The van der Waals surface area contributed by atoms with Crippen molar-refractivity contribution in [3.8, 4) is 11.5 Å². The number of ether oxygens (including phenoxy) is 1. The van der Waals surface area contributed by atoms with Gasteiger partial charge < -0.3 is 14.7 Å². The van der Waals surface area contributed by atoms with Crippen LogP contribution in [-0.4, -0.2) is 22.4 Å². The van der Waals surface area contributed by atoms with Gasteiger partial charge in [-0.2, -0.15) is 0 Å². The van der Waals surface area contributed by atoms with Crippen molar-refractivity contribution in [2.24, 2.45) is 5.92 Å². The Kier molecular flexibility index (Phi) is 6.83. The van der Waals surface area contributed by atoms with Gasteiger partial charge in [0.25, 0.3) is 5.09 Å². The topological polar surface area (TPSA) is 81.8 Å². The highest BCUT2D eigenvalue weighted by atomic mass is 16.9. The first kappa shape index (κ1) is 22.7. The SMILES string of the molecule is CC(C)(CCCCCCO[N+](=O)[O-])c1cc(O)c2c(c1)OC(C)(C)[C@@H]1CCCC[C@@H]21. The molecule has 1 aromatic carbocycles. The van der Waals surface area contributed by atoms with E-state index in [-0.39, 0.29) is 17.6 Å². The lowest BCUT2D eigenvalue weighted by molar-refractivity contribution is -0.757. The maximum atomic E-state index is 11.0. The Morgan fingerprint density at radius 3 is 2.63 bits per heavy atom. The molecule has 1 aliphatic heterocycles. The standard InChI is InChI=1S/C24H37NO5/c1-23(2,13-9-5-6-10-14-29-25(27)28)17-15-20(26)22-18-11-7-8-12-19(18)24(3,4)30-21(22)16-17/h15-16,18-19,26H,5-14H2,1-4H3/t18-,19-/m1/s1. The normalized spacial score (nSPS) is 22.5. The number of phenols is 1. The summed E-state index contributed by atoms with van der Waals surface area (Å²) < 4.78 is 6.47. The molecule has 0 saturated heterocycles. The first-order valence-corrected chi connectivity index (χ1v) is 11.5. The van der Waals surface area contributed by atoms with Gasteiger partial charge in [0.15, 0.2) is 0 Å². The maximum absolute atomic E-state index is 11.0. The second-order valence-corrected chi connectivity index (χ2v) is 10.2. The van der Waals surface area contributed by atoms with E-state index in [1.807, 2.05) is 6.07 Å². The molecule has 1 aliphatic carbocycles. The van der Waals surface area contributed by atoms with Crippen molar-refractivity contribution in [3.05, 3.63) is 33.4 Å². The first-order valence-electron chi connectivity index (χ1n) is 11.5. The second-order valence-electron chi connectivity index (χ2n) is 10.2. The molecule has 1 heterocycles. The Morgan fingerprint density at radius 1 is 1.20 bits per heavy atom. The molecule has 6 heteroatoms. The largest absolute Gasteiger partial charge is 0.508 e. The summed E-state index contributed by atoms with van der Waals surface area (Å²) in [5, 5.41) is 20.4. The van der Waals surface area contributed by atoms with Crippen molar-refractivity contribution in [2.75, 3.05) is 6.61 Å². The Bertz CT molecular complexity index is 758. The van der Waals surface area contributed by atoms with Crippen LogP contribution in [0.15, 0.2) is 12.1 Å². The minimum atomic E-state index is -0.732. The zero-order chi connectivity index (χ0) is 21.9. The van der Waals surface area contributed by atoms with E-state index in [1.165, 1.54) is 12.8 Å². The second kappa shape index (κ2) is 9.03. The van der Waals surface area contributed by atoms with Gasteiger partial charge in [-0.25, -0.2) is 0 Å². The van der Waals surface area contributed by atoms with Gasteiger partial charge in [0.05, 0.1) is 6.61 Å². The summed E-state index contributed by atoms with van der Waals surface area (Å²) in [6.07, 6.45) is 9.39. The molecule has 6 nitrogen and oxygen atoms in total. The summed E-state index contributed by atoms with van der Waals surface area (Å²) in [5.74, 6) is 2.10. The van der Waals surface area contributed by atoms with Crippen LogP contribution in [0.4, 0.5) is 0 Å². The highest BCUT2D eigenvalue weighted by Crippen LogP contribution is 2.55. The van der Waals surface area contributed by atoms with E-state index < -0.39 is 5.09 Å². The number of hydrogen-bond acceptors (Lipinski definition) is 5. The number of fused-ring (bicyclic) bond motifs is 3. The third kappa shape index (κ3) is 5.01. The molecule has 1 fully saturated rings. The molecule has 1 saturated carbocycles. The number of phenolic OH excluding ortho intramolecular Hbond substituents is 1. The van der Waals surface area contributed by atoms with Gasteiger partial charge >= 0.3 is 0 Å². The van der Waals surface area contributed by atoms with Crippen LogP contribution in [0, 0.1) is 16.0 Å². The minimum absolute atomic E-state index is 0.0826. The number of unbranched alkanes of at least 4 members (excludes halogenated alkanes) is 3. The van der Waals surface area contributed by atoms with E-state index in [4.69, 9.17) is 4.74 Å². The van der Waals surface area contributed by atoms with E-state index >= 15 is 0 Å². The van der Waals surface area contributed by atoms with Crippen molar-refractivity contribution < 1.29 is 19.8 Å². The average molecular weight is 420 g/mol. The van der Waals surface area contributed by atoms with Gasteiger partial charge in [0, 0.05) is 11.5 Å². The third-order valence-electron chi connectivity index (χ3n) is 7.20. The summed E-state index contributed by atoms with van der Waals surface area (Å²) >= 11 is 0. The fourth-order valence-electron chi connectivity index (χ4n) is 5.43. The number of aromatic hydroxyl groups is 1. The van der Waals surface area contributed by atoms with Crippen LogP contribution in [0.2, 0.25) is 0 Å². The molecule has 3 rings (SSSR count). The zero-order valence-corrected chi connectivity index (χ0v) is 18.9. The van der Waals surface area contributed by atoms with E-state index in [0.29, 0.717) is 24.0 Å². The van der Waals surface area contributed by atoms with Crippen LogP contribution in [0.25, 0.3) is 0 Å². The number of rotatable bonds is 9. The lowest BCUT2D eigenvalue weighted by Crippen LogP contribution is -2.45. The monoisotopic (exact) mass is 419 g/mol. The molecular weight excluding hydrogens is 382 g/mol. The highest BCUT2D eigenvalue weighted by molar-refractivity contribution is 5.53. The maximum Gasteiger partial charge on any atom is 0.294 e. The Morgan fingerprint density at radius 2 is 1.90 bits per heavy atom. The lowest BCUT2D eigenvalue weighted by Gasteiger charge is -2.48. The summed E-state index contributed by atoms with van der Waals surface area (Å²) in [4.78, 5) is 14.5. The molecule has 0 radical (unpaired) electrons. The molecule has 168 valence electrons. The minimum Gasteiger partial charge on any atom is -0.508 e. The molecule has 0 aromatic heterocycles. The molecule has 1 aromatic rings. The van der Waals surface area contributed by atoms with Gasteiger partial charge in [0.1, 0.15) is 17.1 Å². The van der Waals surface area contributed by atoms with Crippen LogP contribution in [0.5, 0.6) is 11.5 Å². The fraction of sp³-hybridized carbons (Fsp3) is 0.750. The molecule has 1 N–H and O–H groups in total. The molecule has 0 unspecified atom stereocenters. The van der Waals surface area contributed by atoms with E-state index in [9.17, 15) is 15.2 Å². The first-order chi connectivity index (χ1) is 14.1. The van der Waals surface area contributed by atoms with Crippen LogP contribution in [0.3, 0.4) is 0 Å². The van der Waals surface area contributed by atoms with Gasteiger partial charge in [-0.3, -0.25) is 0 Å². The summed E-state index contributed by atoms with van der Waals surface area (Å²) in [5.41, 5.74) is 1.84. The summed E-state index contributed by atoms with van der Waals surface area (Å²) in [7, 11) is 0. The predicted octanol–water partition coefficient (Wildman–Crippen LogP) is 6.27. The van der Waals surface area contributed by atoms with Crippen molar-refractivity contribution in [2.45, 2.75) is 102 Å². The lowest BCUT2D eigenvalue weighted by atomic mass is 9.66. The third-order valence-corrected chi connectivity index (χ3v) is 7.20. The number of hydrogen-bond donors (Lipinski definition) is 1. The quantitative estimate of drug-likeness (QED) is 0.290. The summed E-state index contributed by atoms with van der Waals surface area (Å²) in [6.45, 7) is 8.97. The Hall–Kier alpha value is -1.98. The average Bonchev–Trinajstić information content (AvgIpc) is 2.66. The van der Waals surface area contributed by atoms with Crippen LogP contribution in [-0.2, 0) is 10.3 Å². The Labute approximate surface area is 180 Å².